The Morgan fingerprint density at radius 2 is 1.53 bits per heavy atom. The van der Waals surface area contributed by atoms with Gasteiger partial charge < -0.3 is 19.9 Å². The second kappa shape index (κ2) is 13.9. The standard InChI is InChI=1S/C15H12O2.C9H19NO2.CH2O2/c16-10-17-9-15-13-7-3-1-5-11(13)12-6-2-4-8-14(12)15;1-5-6-7-10-8(11)12-9(2,3)4;2-1-3/h1-8,10,15H,9H2;5-7H2,1-4H3,(H,10,11);1H,(H,2,3). The minimum Gasteiger partial charge on any atom is -0.483 e. The van der Waals surface area contributed by atoms with Gasteiger partial charge in [0, 0.05) is 12.5 Å². The van der Waals surface area contributed by atoms with Gasteiger partial charge in [0.05, 0.1) is 0 Å². The van der Waals surface area contributed by atoms with E-state index in [4.69, 9.17) is 19.4 Å². The van der Waals surface area contributed by atoms with Crippen LogP contribution < -0.4 is 5.32 Å². The Bertz CT molecular complexity index is 814. The fourth-order valence-corrected chi connectivity index (χ4v) is 3.26. The van der Waals surface area contributed by atoms with Crippen LogP contribution in [0.3, 0.4) is 0 Å². The lowest BCUT2D eigenvalue weighted by Gasteiger charge is -2.19. The van der Waals surface area contributed by atoms with E-state index in [-0.39, 0.29) is 18.5 Å². The molecule has 0 aromatic heterocycles. The molecule has 0 unspecified atom stereocenters. The number of carbonyl (C=O) groups is 3. The smallest absolute Gasteiger partial charge is 0.407 e. The highest BCUT2D eigenvalue weighted by molar-refractivity contribution is 5.78. The van der Waals surface area contributed by atoms with Crippen LogP contribution >= 0.6 is 0 Å². The van der Waals surface area contributed by atoms with Gasteiger partial charge in [-0.05, 0) is 49.4 Å². The summed E-state index contributed by atoms with van der Waals surface area (Å²) in [6, 6.07) is 16.6. The molecule has 1 amide bonds. The van der Waals surface area contributed by atoms with Crippen molar-refractivity contribution in [2.24, 2.45) is 0 Å². The number of ether oxygens (including phenoxy) is 2. The van der Waals surface area contributed by atoms with E-state index >= 15 is 0 Å². The third-order valence-electron chi connectivity index (χ3n) is 4.49. The molecule has 2 aromatic rings. The molecule has 0 fully saturated rings. The maximum absolute atomic E-state index is 11.0. The number of amides is 1. The van der Waals surface area contributed by atoms with Crippen LogP contribution in [0.25, 0.3) is 11.1 Å². The largest absolute Gasteiger partial charge is 0.483 e. The zero-order valence-corrected chi connectivity index (χ0v) is 19.2. The lowest BCUT2D eigenvalue weighted by Crippen LogP contribution is -2.32. The number of rotatable bonds is 6. The van der Waals surface area contributed by atoms with Crippen molar-refractivity contribution >= 4 is 19.0 Å². The first-order chi connectivity index (χ1) is 15.3. The second-order valence-corrected chi connectivity index (χ2v) is 8.04. The minimum absolute atomic E-state index is 0.174. The van der Waals surface area contributed by atoms with E-state index in [2.05, 4.69) is 36.5 Å². The molecule has 3 rings (SSSR count). The predicted molar refractivity (Wildman–Crippen MR) is 124 cm³/mol. The van der Waals surface area contributed by atoms with Gasteiger partial charge in [-0.2, -0.15) is 0 Å². The highest BCUT2D eigenvalue weighted by Crippen LogP contribution is 2.44. The molecule has 0 atom stereocenters. The van der Waals surface area contributed by atoms with Gasteiger partial charge in [0.1, 0.15) is 12.2 Å². The number of carbonyl (C=O) groups excluding carboxylic acids is 2. The molecule has 0 saturated heterocycles. The van der Waals surface area contributed by atoms with Crippen molar-refractivity contribution in [3.63, 3.8) is 0 Å². The molecule has 1 aliphatic rings. The molecule has 2 aromatic carbocycles. The summed E-state index contributed by atoms with van der Waals surface area (Å²) in [7, 11) is 0. The molecular formula is C25H33NO6. The monoisotopic (exact) mass is 443 g/mol. The number of hydrogen-bond acceptors (Lipinski definition) is 5. The molecule has 174 valence electrons. The SMILES string of the molecule is CCCCNC(=O)OC(C)(C)C.O=CO.O=COCC1c2ccccc2-c2ccccc21. The fraction of sp³-hybridized carbons (Fsp3) is 0.400. The van der Waals surface area contributed by atoms with Crippen molar-refractivity contribution in [2.45, 2.75) is 52.1 Å². The molecule has 0 heterocycles. The van der Waals surface area contributed by atoms with Crippen LogP contribution in [0.1, 0.15) is 57.6 Å². The Hall–Kier alpha value is -3.35. The van der Waals surface area contributed by atoms with Crippen LogP contribution in [0.5, 0.6) is 0 Å². The summed E-state index contributed by atoms with van der Waals surface area (Å²) in [4.78, 5) is 29.7. The van der Waals surface area contributed by atoms with Crippen molar-refractivity contribution in [1.29, 1.82) is 0 Å². The number of fused-ring (bicyclic) bond motifs is 3. The Balaban J connectivity index is 0.000000302. The van der Waals surface area contributed by atoms with E-state index in [0.29, 0.717) is 19.6 Å². The summed E-state index contributed by atoms with van der Waals surface area (Å²) in [5.41, 5.74) is 4.60. The number of nitrogens with one attached hydrogen (secondary N) is 1. The average Bonchev–Trinajstić information content (AvgIpc) is 3.06. The Morgan fingerprint density at radius 1 is 1.03 bits per heavy atom. The predicted octanol–water partition coefficient (Wildman–Crippen LogP) is 4.98. The third-order valence-corrected chi connectivity index (χ3v) is 4.49. The van der Waals surface area contributed by atoms with Crippen LogP contribution in [0.15, 0.2) is 48.5 Å². The molecule has 0 aliphatic heterocycles. The summed E-state index contributed by atoms with van der Waals surface area (Å²) in [6.45, 7) is 9.02. The van der Waals surface area contributed by atoms with Crippen molar-refractivity contribution in [3.8, 4) is 11.1 Å². The first-order valence-electron chi connectivity index (χ1n) is 10.6. The molecule has 2 N–H and O–H groups in total. The van der Waals surface area contributed by atoms with E-state index < -0.39 is 5.60 Å². The molecule has 7 heteroatoms. The zero-order chi connectivity index (χ0) is 24.0. The van der Waals surface area contributed by atoms with Crippen LogP contribution in [0, 0.1) is 0 Å². The van der Waals surface area contributed by atoms with E-state index in [1.54, 1.807) is 0 Å². The minimum atomic E-state index is -0.393. The van der Waals surface area contributed by atoms with Gasteiger partial charge in [-0.1, -0.05) is 61.9 Å². The lowest BCUT2D eigenvalue weighted by atomic mass is 9.98. The highest BCUT2D eigenvalue weighted by atomic mass is 16.6. The number of benzene rings is 2. The summed E-state index contributed by atoms with van der Waals surface area (Å²) >= 11 is 0. The van der Waals surface area contributed by atoms with Crippen LogP contribution in [-0.4, -0.2) is 42.9 Å². The number of carboxylic acid groups (broad SMARTS) is 1. The zero-order valence-electron chi connectivity index (χ0n) is 19.2. The topological polar surface area (TPSA) is 102 Å². The molecule has 0 radical (unpaired) electrons. The molecule has 0 saturated carbocycles. The van der Waals surface area contributed by atoms with E-state index in [9.17, 15) is 9.59 Å². The van der Waals surface area contributed by atoms with E-state index in [0.717, 1.165) is 12.8 Å². The van der Waals surface area contributed by atoms with Crippen molar-refractivity contribution in [3.05, 3.63) is 59.7 Å². The molecule has 7 nitrogen and oxygen atoms in total. The van der Waals surface area contributed by atoms with Gasteiger partial charge in [0.2, 0.25) is 0 Å². The van der Waals surface area contributed by atoms with Gasteiger partial charge in [0.25, 0.3) is 12.9 Å². The molecule has 0 spiro atoms. The van der Waals surface area contributed by atoms with Gasteiger partial charge >= 0.3 is 6.09 Å². The summed E-state index contributed by atoms with van der Waals surface area (Å²) in [6.07, 6.45) is 1.76. The quantitative estimate of drug-likeness (QED) is 0.482. The van der Waals surface area contributed by atoms with Crippen LogP contribution in [-0.2, 0) is 19.1 Å². The Labute approximate surface area is 189 Å². The van der Waals surface area contributed by atoms with Gasteiger partial charge in [-0.3, -0.25) is 9.59 Å². The molecule has 0 bridgehead atoms. The highest BCUT2D eigenvalue weighted by Gasteiger charge is 2.28. The first-order valence-corrected chi connectivity index (χ1v) is 10.6. The van der Waals surface area contributed by atoms with E-state index in [1.807, 2.05) is 45.0 Å². The van der Waals surface area contributed by atoms with Crippen LogP contribution in [0.2, 0.25) is 0 Å². The normalized spacial score (nSPS) is 11.4. The number of hydrogen-bond donors (Lipinski definition) is 2. The Kier molecular flexibility index (Phi) is 11.6. The van der Waals surface area contributed by atoms with Crippen molar-refractivity contribution < 1.29 is 29.0 Å². The fourth-order valence-electron chi connectivity index (χ4n) is 3.26. The van der Waals surface area contributed by atoms with Crippen molar-refractivity contribution in [1.82, 2.24) is 5.32 Å². The molecule has 32 heavy (non-hydrogen) atoms. The number of unbranched alkanes of at least 4 members (excludes halogenated alkanes) is 1. The average molecular weight is 444 g/mol. The molecule has 1 aliphatic carbocycles. The van der Waals surface area contributed by atoms with Gasteiger partial charge in [-0.15, -0.1) is 0 Å². The Morgan fingerprint density at radius 3 is 1.97 bits per heavy atom. The van der Waals surface area contributed by atoms with Crippen LogP contribution in [0.4, 0.5) is 4.79 Å². The van der Waals surface area contributed by atoms with Crippen molar-refractivity contribution in [2.75, 3.05) is 13.2 Å². The van der Waals surface area contributed by atoms with E-state index in [1.165, 1.54) is 22.3 Å². The molecular weight excluding hydrogens is 410 g/mol. The van der Waals surface area contributed by atoms with Gasteiger partial charge in [0.15, 0.2) is 0 Å². The summed E-state index contributed by atoms with van der Waals surface area (Å²) in [5.74, 6) is 0.174. The first kappa shape index (κ1) is 26.7. The maximum Gasteiger partial charge on any atom is 0.407 e. The number of alkyl carbamates (subject to hydrolysis) is 1. The lowest BCUT2D eigenvalue weighted by molar-refractivity contribution is -0.129. The van der Waals surface area contributed by atoms with Gasteiger partial charge in [-0.25, -0.2) is 4.79 Å². The summed E-state index contributed by atoms with van der Waals surface area (Å²) in [5, 5.41) is 9.57. The second-order valence-electron chi connectivity index (χ2n) is 8.04. The third kappa shape index (κ3) is 8.79. The maximum atomic E-state index is 11.0. The summed E-state index contributed by atoms with van der Waals surface area (Å²) < 4.78 is 9.98.